The molecule has 0 bridgehead atoms. The highest BCUT2D eigenvalue weighted by molar-refractivity contribution is 5.82. The van der Waals surface area contributed by atoms with Crippen LogP contribution in [0.4, 0.5) is 5.69 Å². The first-order valence-electron chi connectivity index (χ1n) is 11.3. The molecule has 1 heterocycles. The van der Waals surface area contributed by atoms with Gasteiger partial charge in [-0.1, -0.05) is 32.1 Å². The van der Waals surface area contributed by atoms with Crippen molar-refractivity contribution in [3.63, 3.8) is 0 Å². The molecule has 30 heavy (non-hydrogen) atoms. The Morgan fingerprint density at radius 2 is 1.73 bits per heavy atom. The Morgan fingerprint density at radius 1 is 1.03 bits per heavy atom. The number of nitrogens with zero attached hydrogens (tertiary/aromatic N) is 2. The molecule has 0 aliphatic heterocycles. The number of nitrogens with one attached hydrogen (secondary N) is 1. The SMILES string of the molecule is O=C(O)CCCn1c(=O)c2ccc(NC3CCCCC3)cc2n(C2CCCC2)c1=O. The van der Waals surface area contributed by atoms with E-state index < -0.39 is 5.97 Å². The van der Waals surface area contributed by atoms with E-state index in [1.54, 1.807) is 4.57 Å². The van der Waals surface area contributed by atoms with Crippen molar-refractivity contribution in [3.8, 4) is 0 Å². The second-order valence-electron chi connectivity index (χ2n) is 8.76. The average molecular weight is 414 g/mol. The van der Waals surface area contributed by atoms with Gasteiger partial charge in [-0.3, -0.25) is 18.7 Å². The zero-order valence-electron chi connectivity index (χ0n) is 17.4. The molecule has 0 saturated heterocycles. The molecular weight excluding hydrogens is 382 g/mol. The molecule has 0 radical (unpaired) electrons. The zero-order chi connectivity index (χ0) is 21.1. The van der Waals surface area contributed by atoms with E-state index in [2.05, 4.69) is 5.32 Å². The number of carboxylic acid groups (broad SMARTS) is 1. The van der Waals surface area contributed by atoms with Crippen LogP contribution in [0.1, 0.15) is 76.7 Å². The summed E-state index contributed by atoms with van der Waals surface area (Å²) in [5.74, 6) is -0.918. The van der Waals surface area contributed by atoms with E-state index in [9.17, 15) is 14.4 Å². The van der Waals surface area contributed by atoms with Crippen LogP contribution in [-0.4, -0.2) is 26.3 Å². The average Bonchev–Trinajstić information content (AvgIpc) is 3.25. The monoisotopic (exact) mass is 413 g/mol. The summed E-state index contributed by atoms with van der Waals surface area (Å²) < 4.78 is 3.04. The lowest BCUT2D eigenvalue weighted by Gasteiger charge is -2.25. The van der Waals surface area contributed by atoms with Crippen LogP contribution < -0.4 is 16.6 Å². The minimum atomic E-state index is -0.918. The summed E-state index contributed by atoms with van der Waals surface area (Å²) in [4.78, 5) is 37.3. The summed E-state index contributed by atoms with van der Waals surface area (Å²) in [5, 5.41) is 13.1. The molecule has 2 saturated carbocycles. The highest BCUT2D eigenvalue weighted by Gasteiger charge is 2.23. The van der Waals surface area contributed by atoms with Crippen LogP contribution in [0, 0.1) is 0 Å². The van der Waals surface area contributed by atoms with E-state index in [-0.39, 0.29) is 36.7 Å². The van der Waals surface area contributed by atoms with Gasteiger partial charge in [0, 0.05) is 30.7 Å². The van der Waals surface area contributed by atoms with Crippen molar-refractivity contribution in [2.75, 3.05) is 5.32 Å². The quantitative estimate of drug-likeness (QED) is 0.718. The number of carboxylic acids is 1. The second-order valence-corrected chi connectivity index (χ2v) is 8.76. The minimum Gasteiger partial charge on any atom is -0.481 e. The summed E-state index contributed by atoms with van der Waals surface area (Å²) in [7, 11) is 0. The highest BCUT2D eigenvalue weighted by Crippen LogP contribution is 2.31. The maximum atomic E-state index is 13.3. The fourth-order valence-electron chi connectivity index (χ4n) is 5.05. The Hall–Kier alpha value is -2.57. The molecule has 2 fully saturated rings. The van der Waals surface area contributed by atoms with Crippen LogP contribution >= 0.6 is 0 Å². The molecule has 162 valence electrons. The summed E-state index contributed by atoms with van der Waals surface area (Å²) in [6.07, 6.45) is 10.3. The van der Waals surface area contributed by atoms with E-state index in [0.29, 0.717) is 16.9 Å². The van der Waals surface area contributed by atoms with Crippen molar-refractivity contribution in [1.82, 2.24) is 9.13 Å². The standard InChI is InChI=1S/C23H31N3O4/c27-21(28)11-6-14-25-22(29)19-13-12-17(24-16-7-2-1-3-8-16)15-20(19)26(23(25)30)18-9-4-5-10-18/h12-13,15-16,18,24H,1-11,14H2,(H,27,28). The van der Waals surface area contributed by atoms with Gasteiger partial charge in [-0.05, 0) is 50.3 Å². The first-order chi connectivity index (χ1) is 14.5. The first kappa shape index (κ1) is 20.7. The molecule has 0 spiro atoms. The molecule has 2 N–H and O–H groups in total. The largest absolute Gasteiger partial charge is 0.481 e. The third-order valence-electron chi connectivity index (χ3n) is 6.61. The fourth-order valence-corrected chi connectivity index (χ4v) is 5.05. The van der Waals surface area contributed by atoms with Crippen molar-refractivity contribution in [2.45, 2.75) is 89.3 Å². The predicted molar refractivity (Wildman–Crippen MR) is 117 cm³/mol. The molecule has 7 heteroatoms. The Kier molecular flexibility index (Phi) is 6.25. The lowest BCUT2D eigenvalue weighted by atomic mass is 9.95. The normalized spacial score (nSPS) is 18.1. The van der Waals surface area contributed by atoms with Crippen LogP contribution in [0.2, 0.25) is 0 Å². The van der Waals surface area contributed by atoms with Crippen molar-refractivity contribution in [3.05, 3.63) is 39.0 Å². The Balaban J connectivity index is 1.76. The second kappa shape index (κ2) is 9.06. The predicted octanol–water partition coefficient (Wildman–Crippen LogP) is 3.89. The third kappa shape index (κ3) is 4.30. The van der Waals surface area contributed by atoms with Crippen LogP contribution in [0.5, 0.6) is 0 Å². The number of fused-ring (bicyclic) bond motifs is 1. The number of hydrogen-bond acceptors (Lipinski definition) is 4. The summed E-state index contributed by atoms with van der Waals surface area (Å²) in [5.41, 5.74) is 1.04. The van der Waals surface area contributed by atoms with Crippen LogP contribution in [0.15, 0.2) is 27.8 Å². The van der Waals surface area contributed by atoms with Crippen LogP contribution in [0.25, 0.3) is 10.9 Å². The molecule has 0 unspecified atom stereocenters. The van der Waals surface area contributed by atoms with E-state index in [4.69, 9.17) is 5.11 Å². The molecule has 1 aromatic heterocycles. The van der Waals surface area contributed by atoms with Crippen molar-refractivity contribution in [2.24, 2.45) is 0 Å². The molecule has 4 rings (SSSR count). The van der Waals surface area contributed by atoms with Gasteiger partial charge in [0.2, 0.25) is 0 Å². The molecule has 2 aliphatic carbocycles. The van der Waals surface area contributed by atoms with Gasteiger partial charge in [-0.2, -0.15) is 0 Å². The summed E-state index contributed by atoms with van der Waals surface area (Å²) >= 11 is 0. The van der Waals surface area contributed by atoms with Gasteiger partial charge in [0.1, 0.15) is 0 Å². The molecular formula is C23H31N3O4. The van der Waals surface area contributed by atoms with Gasteiger partial charge in [-0.15, -0.1) is 0 Å². The maximum absolute atomic E-state index is 13.3. The third-order valence-corrected chi connectivity index (χ3v) is 6.61. The van der Waals surface area contributed by atoms with E-state index in [1.807, 2.05) is 18.2 Å². The number of hydrogen-bond donors (Lipinski definition) is 2. The number of rotatable bonds is 7. The first-order valence-corrected chi connectivity index (χ1v) is 11.3. The minimum absolute atomic E-state index is 0.0579. The van der Waals surface area contributed by atoms with Gasteiger partial charge >= 0.3 is 11.7 Å². The molecule has 7 nitrogen and oxygen atoms in total. The van der Waals surface area contributed by atoms with E-state index in [1.165, 1.54) is 23.8 Å². The molecule has 0 atom stereocenters. The number of carbonyl (C=O) groups is 1. The van der Waals surface area contributed by atoms with Crippen LogP contribution in [0.3, 0.4) is 0 Å². The van der Waals surface area contributed by atoms with Crippen molar-refractivity contribution >= 4 is 22.6 Å². The zero-order valence-corrected chi connectivity index (χ0v) is 17.4. The number of aromatic nitrogens is 2. The van der Waals surface area contributed by atoms with Crippen LogP contribution in [-0.2, 0) is 11.3 Å². The lowest BCUT2D eigenvalue weighted by Crippen LogP contribution is -2.41. The number of aliphatic carboxylic acids is 1. The summed E-state index contributed by atoms with van der Waals surface area (Å²) in [6.45, 7) is 0.134. The van der Waals surface area contributed by atoms with Gasteiger partial charge in [0.05, 0.1) is 10.9 Å². The molecule has 0 amide bonds. The molecule has 2 aromatic rings. The Morgan fingerprint density at radius 3 is 2.43 bits per heavy atom. The van der Waals surface area contributed by atoms with Gasteiger partial charge < -0.3 is 10.4 Å². The topological polar surface area (TPSA) is 93.3 Å². The van der Waals surface area contributed by atoms with Gasteiger partial charge in [0.25, 0.3) is 5.56 Å². The lowest BCUT2D eigenvalue weighted by molar-refractivity contribution is -0.137. The Labute approximate surface area is 175 Å². The molecule has 1 aromatic carbocycles. The van der Waals surface area contributed by atoms with E-state index >= 15 is 0 Å². The molecule has 2 aliphatic rings. The van der Waals surface area contributed by atoms with Gasteiger partial charge in [0.15, 0.2) is 0 Å². The van der Waals surface area contributed by atoms with Crippen molar-refractivity contribution < 1.29 is 9.90 Å². The van der Waals surface area contributed by atoms with Gasteiger partial charge in [-0.25, -0.2) is 4.79 Å². The number of benzene rings is 1. The van der Waals surface area contributed by atoms with Crippen molar-refractivity contribution in [1.29, 1.82) is 0 Å². The maximum Gasteiger partial charge on any atom is 0.331 e. The van der Waals surface area contributed by atoms with E-state index in [0.717, 1.165) is 44.2 Å². The highest BCUT2D eigenvalue weighted by atomic mass is 16.4. The number of anilines is 1. The fraction of sp³-hybridized carbons (Fsp3) is 0.609. The summed E-state index contributed by atoms with van der Waals surface area (Å²) in [6, 6.07) is 6.26. The smallest absolute Gasteiger partial charge is 0.331 e. The Bertz CT molecular complexity index is 1030.